The first-order valence-electron chi connectivity index (χ1n) is 11.9. The normalized spacial score (nSPS) is 16.9. The van der Waals surface area contributed by atoms with E-state index < -0.39 is 16.1 Å². The van der Waals surface area contributed by atoms with Crippen LogP contribution in [0.2, 0.25) is 4.34 Å². The molecule has 1 saturated heterocycles. The van der Waals surface area contributed by atoms with Gasteiger partial charge in [-0.05, 0) is 48.6 Å². The summed E-state index contributed by atoms with van der Waals surface area (Å²) in [5, 5.41) is 0.585. The van der Waals surface area contributed by atoms with Crippen molar-refractivity contribution in [2.24, 2.45) is 0 Å². The number of rotatable bonds is 7. The highest BCUT2D eigenvalue weighted by Gasteiger charge is 2.41. The number of nitrogens with zero attached hydrogens (tertiary/aromatic N) is 3. The van der Waals surface area contributed by atoms with Crippen molar-refractivity contribution in [3.05, 3.63) is 76.1 Å². The third kappa shape index (κ3) is 4.95. The number of hydrogen-bond donors (Lipinski definition) is 0. The van der Waals surface area contributed by atoms with Crippen molar-refractivity contribution in [3.63, 3.8) is 0 Å². The van der Waals surface area contributed by atoms with Crippen LogP contribution in [0.1, 0.15) is 37.3 Å². The van der Waals surface area contributed by atoms with E-state index in [4.69, 9.17) is 16.6 Å². The highest BCUT2D eigenvalue weighted by molar-refractivity contribution is 7.91. The Hall–Kier alpha value is -2.30. The predicted octanol–water partition coefficient (Wildman–Crippen LogP) is 6.35. The van der Waals surface area contributed by atoms with Crippen molar-refractivity contribution >= 4 is 65.6 Å². The average Bonchev–Trinajstić information content (AvgIpc) is 3.54. The van der Waals surface area contributed by atoms with E-state index in [2.05, 4.69) is 13.0 Å². The summed E-state index contributed by atoms with van der Waals surface area (Å²) in [5.41, 5.74) is 2.97. The van der Waals surface area contributed by atoms with Crippen LogP contribution in [-0.2, 0) is 27.8 Å². The molecule has 1 amide bonds. The third-order valence-electron chi connectivity index (χ3n) is 6.40. The molecular weight excluding hydrogens is 534 g/mol. The summed E-state index contributed by atoms with van der Waals surface area (Å²) in [7, 11) is -3.86. The summed E-state index contributed by atoms with van der Waals surface area (Å²) in [6.45, 7) is 2.70. The van der Waals surface area contributed by atoms with Crippen LogP contribution in [0.5, 0.6) is 0 Å². The molecule has 0 aliphatic carbocycles. The molecule has 3 heterocycles. The fourth-order valence-corrected chi connectivity index (χ4v) is 8.85. The number of hydrogen-bond acceptors (Lipinski definition) is 6. The van der Waals surface area contributed by atoms with Crippen LogP contribution >= 0.6 is 34.3 Å². The Morgan fingerprint density at radius 3 is 2.61 bits per heavy atom. The van der Waals surface area contributed by atoms with Gasteiger partial charge in [-0.3, -0.25) is 9.69 Å². The van der Waals surface area contributed by atoms with Crippen LogP contribution < -0.4 is 4.90 Å². The van der Waals surface area contributed by atoms with E-state index in [9.17, 15) is 13.2 Å². The summed E-state index contributed by atoms with van der Waals surface area (Å²) in [4.78, 5) is 20.7. The Labute approximate surface area is 224 Å². The molecule has 2 aromatic carbocycles. The molecule has 6 nitrogen and oxygen atoms in total. The second-order valence-corrected chi connectivity index (χ2v) is 13.6. The summed E-state index contributed by atoms with van der Waals surface area (Å²) in [5.74, 6) is -0.248. The largest absolute Gasteiger partial charge is 0.282 e. The molecule has 4 aromatic rings. The Morgan fingerprint density at radius 2 is 1.89 bits per heavy atom. The fraction of sp³-hybridized carbons (Fsp3) is 0.308. The number of benzene rings is 2. The number of thiazole rings is 1. The number of aryl methyl sites for hydroxylation is 1. The van der Waals surface area contributed by atoms with Gasteiger partial charge in [-0.25, -0.2) is 13.4 Å². The van der Waals surface area contributed by atoms with E-state index in [0.717, 1.165) is 45.5 Å². The highest BCUT2D eigenvalue weighted by atomic mass is 35.5. The van der Waals surface area contributed by atoms with Gasteiger partial charge in [0.05, 0.1) is 21.1 Å². The minimum absolute atomic E-state index is 0.161. The lowest BCUT2D eigenvalue weighted by Crippen LogP contribution is -2.52. The summed E-state index contributed by atoms with van der Waals surface area (Å²) in [6, 6.07) is 18.1. The molecule has 0 spiro atoms. The Kier molecular flexibility index (Phi) is 7.46. The van der Waals surface area contributed by atoms with Gasteiger partial charge in [-0.15, -0.1) is 11.3 Å². The van der Waals surface area contributed by atoms with Crippen LogP contribution in [0.25, 0.3) is 10.2 Å². The van der Waals surface area contributed by atoms with Gasteiger partial charge in [0.2, 0.25) is 5.91 Å². The molecule has 0 N–H and O–H groups in total. The van der Waals surface area contributed by atoms with Gasteiger partial charge in [0, 0.05) is 6.54 Å². The second-order valence-electron chi connectivity index (χ2n) is 8.71. The number of piperidine rings is 1. The molecule has 1 aliphatic heterocycles. The summed E-state index contributed by atoms with van der Waals surface area (Å²) < 4.78 is 30.0. The molecule has 0 saturated carbocycles. The first-order valence-corrected chi connectivity index (χ1v) is 15.3. The Bertz CT molecular complexity index is 1480. The fourth-order valence-electron chi connectivity index (χ4n) is 4.57. The number of amides is 1. The molecule has 1 atom stereocenters. The van der Waals surface area contributed by atoms with E-state index >= 15 is 0 Å². The zero-order chi connectivity index (χ0) is 25.3. The molecule has 36 heavy (non-hydrogen) atoms. The van der Waals surface area contributed by atoms with E-state index in [-0.39, 0.29) is 10.1 Å². The lowest BCUT2D eigenvalue weighted by Gasteiger charge is -2.35. The third-order valence-corrected chi connectivity index (χ3v) is 11.1. The topological polar surface area (TPSA) is 70.6 Å². The van der Waals surface area contributed by atoms with Crippen LogP contribution in [0.4, 0.5) is 5.13 Å². The van der Waals surface area contributed by atoms with E-state index in [0.29, 0.717) is 35.4 Å². The van der Waals surface area contributed by atoms with Crippen molar-refractivity contribution in [2.45, 2.75) is 49.4 Å². The molecule has 1 unspecified atom stereocenters. The molecule has 188 valence electrons. The number of aromatic nitrogens is 1. The minimum Gasteiger partial charge on any atom is -0.282 e. The smallest absolute Gasteiger partial charge is 0.253 e. The van der Waals surface area contributed by atoms with Gasteiger partial charge in [0.25, 0.3) is 10.0 Å². The van der Waals surface area contributed by atoms with Gasteiger partial charge in [0.15, 0.2) is 5.13 Å². The SMILES string of the molecule is CCc1cccc2sc(N(Cc3ccccc3)C(=O)C3CCCCN3S(=O)(=O)c3ccc(Cl)s3)nc12. The quantitative estimate of drug-likeness (QED) is 0.264. The van der Waals surface area contributed by atoms with Crippen molar-refractivity contribution < 1.29 is 13.2 Å². The number of halogens is 1. The van der Waals surface area contributed by atoms with Gasteiger partial charge in [0.1, 0.15) is 10.3 Å². The monoisotopic (exact) mass is 559 g/mol. The summed E-state index contributed by atoms with van der Waals surface area (Å²) in [6.07, 6.45) is 2.80. The van der Waals surface area contributed by atoms with Crippen LogP contribution in [0, 0.1) is 0 Å². The average molecular weight is 560 g/mol. The number of fused-ring (bicyclic) bond motifs is 1. The molecular formula is C26H26ClN3O3S3. The van der Waals surface area contributed by atoms with Crippen LogP contribution in [0.15, 0.2) is 64.9 Å². The number of thiophene rings is 1. The van der Waals surface area contributed by atoms with E-state index in [1.807, 2.05) is 42.5 Å². The van der Waals surface area contributed by atoms with Crippen molar-refractivity contribution in [3.8, 4) is 0 Å². The van der Waals surface area contributed by atoms with Gasteiger partial charge in [-0.1, -0.05) is 78.7 Å². The molecule has 1 aliphatic rings. The first kappa shape index (κ1) is 25.4. The predicted molar refractivity (Wildman–Crippen MR) is 147 cm³/mol. The molecule has 5 rings (SSSR count). The Morgan fingerprint density at radius 1 is 1.08 bits per heavy atom. The molecule has 0 bridgehead atoms. The zero-order valence-electron chi connectivity index (χ0n) is 19.8. The molecule has 10 heteroatoms. The lowest BCUT2D eigenvalue weighted by molar-refractivity contribution is -0.123. The zero-order valence-corrected chi connectivity index (χ0v) is 23.0. The second kappa shape index (κ2) is 10.6. The maximum Gasteiger partial charge on any atom is 0.253 e. The molecule has 2 aromatic heterocycles. The van der Waals surface area contributed by atoms with Gasteiger partial charge < -0.3 is 0 Å². The van der Waals surface area contributed by atoms with Crippen molar-refractivity contribution in [1.82, 2.24) is 9.29 Å². The first-order chi connectivity index (χ1) is 17.4. The Balaban J connectivity index is 1.55. The number of anilines is 1. The summed E-state index contributed by atoms with van der Waals surface area (Å²) >= 11 is 8.52. The van der Waals surface area contributed by atoms with Gasteiger partial charge >= 0.3 is 0 Å². The minimum atomic E-state index is -3.86. The van der Waals surface area contributed by atoms with Gasteiger partial charge in [-0.2, -0.15) is 4.31 Å². The molecule has 1 fully saturated rings. The van der Waals surface area contributed by atoms with Crippen LogP contribution in [-0.4, -0.2) is 36.2 Å². The maximum atomic E-state index is 14.2. The number of carbonyl (C=O) groups excluding carboxylic acids is 1. The van der Waals surface area contributed by atoms with Crippen molar-refractivity contribution in [1.29, 1.82) is 0 Å². The number of para-hydroxylation sites is 1. The number of sulfonamides is 1. The van der Waals surface area contributed by atoms with E-state index in [1.54, 1.807) is 11.0 Å². The van der Waals surface area contributed by atoms with E-state index in [1.165, 1.54) is 21.7 Å². The van der Waals surface area contributed by atoms with Crippen LogP contribution in [0.3, 0.4) is 0 Å². The highest BCUT2D eigenvalue weighted by Crippen LogP contribution is 2.36. The van der Waals surface area contributed by atoms with Crippen molar-refractivity contribution in [2.75, 3.05) is 11.4 Å². The standard InChI is InChI=1S/C26H26ClN3O3S3/c1-2-19-11-8-13-21-24(19)28-26(34-21)29(17-18-9-4-3-5-10-18)25(31)20-12-6-7-16-30(20)36(32,33)23-15-14-22(27)35-23/h3-5,8-11,13-15,20H,2,6-7,12,16-17H2,1H3. The number of carbonyl (C=O) groups is 1. The maximum absolute atomic E-state index is 14.2. The molecule has 0 radical (unpaired) electrons. The lowest BCUT2D eigenvalue weighted by atomic mass is 10.0.